The Labute approximate surface area is 112 Å². The van der Waals surface area contributed by atoms with E-state index < -0.39 is 0 Å². The minimum absolute atomic E-state index is 0.141. The molecule has 0 bridgehead atoms. The van der Waals surface area contributed by atoms with E-state index >= 15 is 0 Å². The number of hydrogen-bond acceptors (Lipinski definition) is 3. The van der Waals surface area contributed by atoms with Crippen molar-refractivity contribution in [3.8, 4) is 5.75 Å². The molecule has 1 aliphatic heterocycles. The molecule has 0 saturated carbocycles. The molecule has 1 N–H and O–H groups in total. The number of amides is 1. The number of nitrogens with one attached hydrogen (secondary N) is 1. The van der Waals surface area contributed by atoms with Gasteiger partial charge in [-0.1, -0.05) is 11.6 Å². The fourth-order valence-corrected chi connectivity index (χ4v) is 2.32. The second-order valence-corrected chi connectivity index (χ2v) is 4.67. The number of carbonyl (C=O) groups excluding carboxylic acids is 1. The number of carbonyl (C=O) groups is 1. The van der Waals surface area contributed by atoms with Crippen LogP contribution in [0.15, 0.2) is 18.2 Å². The van der Waals surface area contributed by atoms with E-state index in [2.05, 4.69) is 10.2 Å². The van der Waals surface area contributed by atoms with Crippen LogP contribution >= 0.6 is 11.6 Å². The van der Waals surface area contributed by atoms with E-state index in [4.69, 9.17) is 16.3 Å². The van der Waals surface area contributed by atoms with Crippen molar-refractivity contribution in [3.63, 3.8) is 0 Å². The molecule has 1 heterocycles. The van der Waals surface area contributed by atoms with Crippen LogP contribution in [0.25, 0.3) is 0 Å². The summed E-state index contributed by atoms with van der Waals surface area (Å²) in [7, 11) is 1.60. The summed E-state index contributed by atoms with van der Waals surface area (Å²) in [6.07, 6.45) is 1.44. The number of ether oxygens (including phenoxy) is 1. The predicted molar refractivity (Wildman–Crippen MR) is 72.5 cm³/mol. The van der Waals surface area contributed by atoms with Crippen LogP contribution in [0.5, 0.6) is 5.75 Å². The van der Waals surface area contributed by atoms with Gasteiger partial charge in [0.25, 0.3) is 0 Å². The molecule has 1 aliphatic rings. The molecule has 1 amide bonds. The highest BCUT2D eigenvalue weighted by Gasteiger charge is 2.13. The van der Waals surface area contributed by atoms with Gasteiger partial charge in [-0.05, 0) is 24.6 Å². The van der Waals surface area contributed by atoms with Crippen molar-refractivity contribution in [2.45, 2.75) is 12.8 Å². The minimum atomic E-state index is 0.141. The molecule has 0 radical (unpaired) electrons. The number of rotatable bonds is 2. The number of nitrogens with zero attached hydrogens (tertiary/aromatic N) is 1. The zero-order valence-electron chi connectivity index (χ0n) is 10.4. The number of methoxy groups -OCH3 is 1. The molecule has 1 fully saturated rings. The van der Waals surface area contributed by atoms with E-state index in [1.807, 2.05) is 18.2 Å². The SMILES string of the molecule is COc1ccc(N2CCCC(=O)NCC2)cc1Cl. The summed E-state index contributed by atoms with van der Waals surface area (Å²) >= 11 is 6.12. The first-order valence-corrected chi connectivity index (χ1v) is 6.43. The van der Waals surface area contributed by atoms with Crippen LogP contribution in [-0.4, -0.2) is 32.7 Å². The number of hydrogen-bond donors (Lipinski definition) is 1. The summed E-state index contributed by atoms with van der Waals surface area (Å²) in [5.74, 6) is 0.822. The van der Waals surface area contributed by atoms with E-state index in [0.717, 1.165) is 25.2 Å². The van der Waals surface area contributed by atoms with Crippen LogP contribution in [0.1, 0.15) is 12.8 Å². The standard InChI is InChI=1S/C13H17ClN2O2/c1-18-12-5-4-10(9-11(12)14)16-7-2-3-13(17)15-6-8-16/h4-5,9H,2-3,6-8H2,1H3,(H,15,17). The van der Waals surface area contributed by atoms with Crippen molar-refractivity contribution in [1.82, 2.24) is 5.32 Å². The van der Waals surface area contributed by atoms with E-state index in [0.29, 0.717) is 23.7 Å². The van der Waals surface area contributed by atoms with Gasteiger partial charge in [-0.3, -0.25) is 4.79 Å². The van der Waals surface area contributed by atoms with Crippen LogP contribution < -0.4 is 15.0 Å². The van der Waals surface area contributed by atoms with Crippen molar-refractivity contribution >= 4 is 23.2 Å². The van der Waals surface area contributed by atoms with Gasteiger partial charge in [0.05, 0.1) is 12.1 Å². The third-order valence-electron chi connectivity index (χ3n) is 3.04. The van der Waals surface area contributed by atoms with Crippen molar-refractivity contribution in [2.24, 2.45) is 0 Å². The first-order chi connectivity index (χ1) is 8.70. The molecule has 2 rings (SSSR count). The van der Waals surface area contributed by atoms with Crippen LogP contribution in [0.2, 0.25) is 5.02 Å². The maximum absolute atomic E-state index is 11.2. The Hall–Kier alpha value is -1.42. The third kappa shape index (κ3) is 3.07. The second kappa shape index (κ2) is 5.96. The third-order valence-corrected chi connectivity index (χ3v) is 3.33. The Balaban J connectivity index is 2.10. The van der Waals surface area contributed by atoms with Gasteiger partial charge in [0.2, 0.25) is 5.91 Å². The first-order valence-electron chi connectivity index (χ1n) is 6.06. The Morgan fingerprint density at radius 3 is 2.94 bits per heavy atom. The van der Waals surface area contributed by atoms with Gasteiger partial charge in [-0.15, -0.1) is 0 Å². The lowest BCUT2D eigenvalue weighted by Gasteiger charge is -2.27. The summed E-state index contributed by atoms with van der Waals surface area (Å²) in [5.41, 5.74) is 1.07. The Morgan fingerprint density at radius 2 is 2.22 bits per heavy atom. The summed E-state index contributed by atoms with van der Waals surface area (Å²) in [4.78, 5) is 13.5. The molecule has 1 saturated heterocycles. The van der Waals surface area contributed by atoms with Gasteiger partial charge in [-0.2, -0.15) is 0 Å². The van der Waals surface area contributed by atoms with Crippen LogP contribution in [0.3, 0.4) is 0 Å². The molecule has 18 heavy (non-hydrogen) atoms. The topological polar surface area (TPSA) is 41.6 Å². The Morgan fingerprint density at radius 1 is 1.39 bits per heavy atom. The Kier molecular flexibility index (Phi) is 4.31. The molecular weight excluding hydrogens is 252 g/mol. The molecule has 4 nitrogen and oxygen atoms in total. The van der Waals surface area contributed by atoms with Crippen molar-refractivity contribution in [2.75, 3.05) is 31.6 Å². The van der Waals surface area contributed by atoms with Gasteiger partial charge >= 0.3 is 0 Å². The molecule has 0 atom stereocenters. The number of anilines is 1. The summed E-state index contributed by atoms with van der Waals surface area (Å²) in [6, 6.07) is 5.77. The van der Waals surface area contributed by atoms with Crippen molar-refractivity contribution in [1.29, 1.82) is 0 Å². The highest BCUT2D eigenvalue weighted by molar-refractivity contribution is 6.32. The van der Waals surface area contributed by atoms with Crippen LogP contribution in [0.4, 0.5) is 5.69 Å². The molecule has 0 aliphatic carbocycles. The smallest absolute Gasteiger partial charge is 0.220 e. The minimum Gasteiger partial charge on any atom is -0.495 e. The van der Waals surface area contributed by atoms with Gasteiger partial charge < -0.3 is 15.0 Å². The fourth-order valence-electron chi connectivity index (χ4n) is 2.07. The van der Waals surface area contributed by atoms with Crippen LogP contribution in [-0.2, 0) is 4.79 Å². The van der Waals surface area contributed by atoms with E-state index in [-0.39, 0.29) is 5.91 Å². The lowest BCUT2D eigenvalue weighted by molar-refractivity contribution is -0.121. The quantitative estimate of drug-likeness (QED) is 0.893. The molecular formula is C13H17ClN2O2. The maximum Gasteiger partial charge on any atom is 0.220 e. The highest BCUT2D eigenvalue weighted by Crippen LogP contribution is 2.29. The molecule has 1 aromatic carbocycles. The Bertz CT molecular complexity index is 425. The first kappa shape index (κ1) is 13.0. The molecule has 0 aromatic heterocycles. The van der Waals surface area contributed by atoms with E-state index in [9.17, 15) is 4.79 Å². The number of halogens is 1. The summed E-state index contributed by atoms with van der Waals surface area (Å²) in [5, 5.41) is 3.50. The molecule has 0 spiro atoms. The lowest BCUT2D eigenvalue weighted by atomic mass is 10.2. The van der Waals surface area contributed by atoms with Crippen molar-refractivity contribution in [3.05, 3.63) is 23.2 Å². The average Bonchev–Trinajstić information content (AvgIpc) is 2.33. The summed E-state index contributed by atoms with van der Waals surface area (Å²) < 4.78 is 5.14. The molecule has 0 unspecified atom stereocenters. The largest absolute Gasteiger partial charge is 0.495 e. The van der Waals surface area contributed by atoms with E-state index in [1.165, 1.54) is 0 Å². The van der Waals surface area contributed by atoms with Gasteiger partial charge in [0.1, 0.15) is 5.75 Å². The average molecular weight is 269 g/mol. The van der Waals surface area contributed by atoms with E-state index in [1.54, 1.807) is 7.11 Å². The normalized spacial score (nSPS) is 16.8. The van der Waals surface area contributed by atoms with Gasteiger partial charge in [-0.25, -0.2) is 0 Å². The molecule has 1 aromatic rings. The molecule has 98 valence electrons. The zero-order valence-corrected chi connectivity index (χ0v) is 11.2. The lowest BCUT2D eigenvalue weighted by Crippen LogP contribution is -2.38. The highest BCUT2D eigenvalue weighted by atomic mass is 35.5. The maximum atomic E-state index is 11.2. The van der Waals surface area contributed by atoms with Gasteiger partial charge in [0.15, 0.2) is 0 Å². The monoisotopic (exact) mass is 268 g/mol. The second-order valence-electron chi connectivity index (χ2n) is 4.26. The summed E-state index contributed by atoms with van der Waals surface area (Å²) in [6.45, 7) is 2.34. The predicted octanol–water partition coefficient (Wildman–Crippen LogP) is 2.06. The van der Waals surface area contributed by atoms with Crippen LogP contribution in [0, 0.1) is 0 Å². The molecule has 5 heteroatoms. The van der Waals surface area contributed by atoms with Gasteiger partial charge in [0, 0.05) is 31.7 Å². The number of benzene rings is 1. The van der Waals surface area contributed by atoms with Crippen molar-refractivity contribution < 1.29 is 9.53 Å². The fraction of sp³-hybridized carbons (Fsp3) is 0.462. The zero-order chi connectivity index (χ0) is 13.0.